The number of hydrogen-bond donors (Lipinski definition) is 0. The maximum Gasteiger partial charge on any atom is 0.127 e. The SMILES string of the molecule is CCCc1ccc(-c2ccc(CCc3ccc(C[C@@H](C)c4ccccc4)cc3)cc2)cc1F. The summed E-state index contributed by atoms with van der Waals surface area (Å²) < 4.78 is 14.3. The van der Waals surface area contributed by atoms with Gasteiger partial charge in [-0.1, -0.05) is 111 Å². The number of aryl methyl sites for hydroxylation is 3. The van der Waals surface area contributed by atoms with Crippen LogP contribution in [0.15, 0.2) is 97.1 Å². The Morgan fingerprint density at radius 2 is 1.21 bits per heavy atom. The van der Waals surface area contributed by atoms with Gasteiger partial charge in [0.05, 0.1) is 0 Å². The molecule has 4 rings (SSSR count). The van der Waals surface area contributed by atoms with E-state index in [1.165, 1.54) is 22.3 Å². The fourth-order valence-corrected chi connectivity index (χ4v) is 4.45. The number of benzene rings is 4. The first-order chi connectivity index (χ1) is 16.1. The van der Waals surface area contributed by atoms with Gasteiger partial charge in [0.1, 0.15) is 5.82 Å². The van der Waals surface area contributed by atoms with Gasteiger partial charge in [0.2, 0.25) is 0 Å². The molecule has 0 bridgehead atoms. The van der Waals surface area contributed by atoms with Crippen molar-refractivity contribution < 1.29 is 4.39 Å². The van der Waals surface area contributed by atoms with Crippen LogP contribution in [0.25, 0.3) is 11.1 Å². The topological polar surface area (TPSA) is 0 Å². The highest BCUT2D eigenvalue weighted by Gasteiger charge is 2.07. The van der Waals surface area contributed by atoms with E-state index in [1.807, 2.05) is 12.1 Å². The Morgan fingerprint density at radius 3 is 1.82 bits per heavy atom. The Morgan fingerprint density at radius 1 is 0.636 bits per heavy atom. The largest absolute Gasteiger partial charge is 0.207 e. The fraction of sp³-hybridized carbons (Fsp3) is 0.250. The van der Waals surface area contributed by atoms with Crippen LogP contribution in [0.1, 0.15) is 54.0 Å². The molecule has 1 heteroatoms. The zero-order valence-electron chi connectivity index (χ0n) is 19.7. The highest BCUT2D eigenvalue weighted by Crippen LogP contribution is 2.24. The van der Waals surface area contributed by atoms with Crippen molar-refractivity contribution in [2.45, 2.75) is 51.9 Å². The van der Waals surface area contributed by atoms with Crippen LogP contribution in [0.2, 0.25) is 0 Å². The molecule has 0 spiro atoms. The Bertz CT molecular complexity index is 1140. The second-order valence-corrected chi connectivity index (χ2v) is 9.09. The second-order valence-electron chi connectivity index (χ2n) is 9.09. The molecule has 0 unspecified atom stereocenters. The monoisotopic (exact) mass is 436 g/mol. The van der Waals surface area contributed by atoms with Crippen molar-refractivity contribution in [3.63, 3.8) is 0 Å². The molecule has 0 N–H and O–H groups in total. The van der Waals surface area contributed by atoms with Gasteiger partial charge in [0.15, 0.2) is 0 Å². The van der Waals surface area contributed by atoms with Gasteiger partial charge in [-0.3, -0.25) is 0 Å². The van der Waals surface area contributed by atoms with Gasteiger partial charge in [-0.25, -0.2) is 4.39 Å². The van der Waals surface area contributed by atoms with Crippen LogP contribution in [-0.4, -0.2) is 0 Å². The van der Waals surface area contributed by atoms with Crippen LogP contribution >= 0.6 is 0 Å². The van der Waals surface area contributed by atoms with Crippen LogP contribution in [-0.2, 0) is 25.7 Å². The summed E-state index contributed by atoms with van der Waals surface area (Å²) in [5.41, 5.74) is 8.27. The Hall–Kier alpha value is -3.19. The zero-order chi connectivity index (χ0) is 23.0. The maximum atomic E-state index is 14.3. The molecule has 0 heterocycles. The predicted octanol–water partition coefficient (Wildman–Crippen LogP) is 8.58. The van der Waals surface area contributed by atoms with Crippen molar-refractivity contribution in [2.75, 3.05) is 0 Å². The van der Waals surface area contributed by atoms with Crippen molar-refractivity contribution in [1.29, 1.82) is 0 Å². The number of rotatable bonds is 9. The summed E-state index contributed by atoms with van der Waals surface area (Å²) in [5, 5.41) is 0. The smallest absolute Gasteiger partial charge is 0.127 e. The minimum atomic E-state index is -0.0972. The minimum absolute atomic E-state index is 0.0972. The normalized spacial score (nSPS) is 12.0. The molecule has 0 saturated heterocycles. The molecule has 4 aromatic carbocycles. The van der Waals surface area contributed by atoms with E-state index in [2.05, 4.69) is 92.7 Å². The Labute approximate surface area is 198 Å². The predicted molar refractivity (Wildman–Crippen MR) is 138 cm³/mol. The third-order valence-electron chi connectivity index (χ3n) is 6.50. The van der Waals surface area contributed by atoms with Gasteiger partial charge in [0, 0.05) is 0 Å². The van der Waals surface area contributed by atoms with E-state index in [0.29, 0.717) is 5.92 Å². The second kappa shape index (κ2) is 11.1. The zero-order valence-corrected chi connectivity index (χ0v) is 19.7. The summed E-state index contributed by atoms with van der Waals surface area (Å²) in [6.45, 7) is 4.37. The fourth-order valence-electron chi connectivity index (χ4n) is 4.45. The average Bonchev–Trinajstić information content (AvgIpc) is 2.86. The van der Waals surface area contributed by atoms with Gasteiger partial charge in [-0.2, -0.15) is 0 Å². The number of halogens is 1. The Balaban J connectivity index is 1.32. The standard InChI is InChI=1S/C32H33F/c1-3-7-30-20-21-31(23-32(30)33)29-18-16-26(17-19-29)11-10-25-12-14-27(15-13-25)22-24(2)28-8-5-4-6-9-28/h4-6,8-9,12-21,23-24H,3,7,10-11,22H2,1-2H3/t24-/m1/s1. The lowest BCUT2D eigenvalue weighted by Gasteiger charge is -2.12. The molecular formula is C32H33F. The average molecular weight is 437 g/mol. The first kappa shape index (κ1) is 23.0. The molecule has 0 saturated carbocycles. The van der Waals surface area contributed by atoms with E-state index >= 15 is 0 Å². The van der Waals surface area contributed by atoms with Crippen LogP contribution in [0, 0.1) is 5.82 Å². The molecular weight excluding hydrogens is 403 g/mol. The van der Waals surface area contributed by atoms with E-state index in [9.17, 15) is 4.39 Å². The molecule has 0 radical (unpaired) electrons. The third-order valence-corrected chi connectivity index (χ3v) is 6.50. The lowest BCUT2D eigenvalue weighted by atomic mass is 9.93. The summed E-state index contributed by atoms with van der Waals surface area (Å²) in [6.07, 6.45) is 4.84. The van der Waals surface area contributed by atoms with Crippen LogP contribution in [0.5, 0.6) is 0 Å². The molecule has 0 fully saturated rings. The summed E-state index contributed by atoms with van der Waals surface area (Å²) in [4.78, 5) is 0. The van der Waals surface area contributed by atoms with Gasteiger partial charge < -0.3 is 0 Å². The Kier molecular flexibility index (Phi) is 7.73. The molecule has 0 aliphatic heterocycles. The summed E-state index contributed by atoms with van der Waals surface area (Å²) in [6, 6.07) is 34.0. The molecule has 0 nitrogen and oxygen atoms in total. The lowest BCUT2D eigenvalue weighted by Crippen LogP contribution is -1.99. The van der Waals surface area contributed by atoms with E-state index in [4.69, 9.17) is 0 Å². The van der Waals surface area contributed by atoms with E-state index in [-0.39, 0.29) is 5.82 Å². The van der Waals surface area contributed by atoms with E-state index in [0.717, 1.165) is 48.8 Å². The molecule has 0 aliphatic rings. The molecule has 168 valence electrons. The van der Waals surface area contributed by atoms with E-state index < -0.39 is 0 Å². The van der Waals surface area contributed by atoms with Gasteiger partial charge in [-0.05, 0) is 76.6 Å². The van der Waals surface area contributed by atoms with E-state index in [1.54, 1.807) is 6.07 Å². The van der Waals surface area contributed by atoms with Crippen LogP contribution < -0.4 is 0 Å². The maximum absolute atomic E-state index is 14.3. The summed E-state index contributed by atoms with van der Waals surface area (Å²) >= 11 is 0. The van der Waals surface area contributed by atoms with Gasteiger partial charge in [0.25, 0.3) is 0 Å². The van der Waals surface area contributed by atoms with Crippen molar-refractivity contribution in [1.82, 2.24) is 0 Å². The van der Waals surface area contributed by atoms with Crippen molar-refractivity contribution in [2.24, 2.45) is 0 Å². The summed E-state index contributed by atoms with van der Waals surface area (Å²) in [7, 11) is 0. The lowest BCUT2D eigenvalue weighted by molar-refractivity contribution is 0.608. The van der Waals surface area contributed by atoms with Gasteiger partial charge >= 0.3 is 0 Å². The first-order valence-corrected chi connectivity index (χ1v) is 12.1. The highest BCUT2D eigenvalue weighted by atomic mass is 19.1. The van der Waals surface area contributed by atoms with Crippen molar-refractivity contribution in [3.05, 3.63) is 131 Å². The summed E-state index contributed by atoms with van der Waals surface area (Å²) in [5.74, 6) is 0.423. The minimum Gasteiger partial charge on any atom is -0.207 e. The third kappa shape index (κ3) is 6.20. The van der Waals surface area contributed by atoms with Gasteiger partial charge in [-0.15, -0.1) is 0 Å². The quantitative estimate of drug-likeness (QED) is 0.246. The molecule has 1 atom stereocenters. The molecule has 0 aromatic heterocycles. The van der Waals surface area contributed by atoms with Crippen LogP contribution in [0.3, 0.4) is 0 Å². The molecule has 4 aromatic rings. The van der Waals surface area contributed by atoms with Crippen LogP contribution in [0.4, 0.5) is 4.39 Å². The molecule has 33 heavy (non-hydrogen) atoms. The number of hydrogen-bond acceptors (Lipinski definition) is 0. The molecule has 0 aliphatic carbocycles. The highest BCUT2D eigenvalue weighted by molar-refractivity contribution is 5.64. The molecule has 0 amide bonds. The van der Waals surface area contributed by atoms with Crippen molar-refractivity contribution >= 4 is 0 Å². The first-order valence-electron chi connectivity index (χ1n) is 12.1. The van der Waals surface area contributed by atoms with Crippen molar-refractivity contribution in [3.8, 4) is 11.1 Å².